The van der Waals surface area contributed by atoms with Gasteiger partial charge in [-0.3, -0.25) is 9.69 Å². The Balaban J connectivity index is 1.33. The van der Waals surface area contributed by atoms with Gasteiger partial charge in [0, 0.05) is 47.8 Å². The van der Waals surface area contributed by atoms with E-state index in [0.717, 1.165) is 54.6 Å². The van der Waals surface area contributed by atoms with Gasteiger partial charge in [0.25, 0.3) is 5.91 Å². The quantitative estimate of drug-likeness (QED) is 0.709. The molecule has 1 saturated heterocycles. The molecule has 28 heavy (non-hydrogen) atoms. The van der Waals surface area contributed by atoms with Gasteiger partial charge in [0.15, 0.2) is 0 Å². The van der Waals surface area contributed by atoms with Crippen LogP contribution in [0.3, 0.4) is 0 Å². The van der Waals surface area contributed by atoms with Gasteiger partial charge in [-0.15, -0.1) is 0 Å². The van der Waals surface area contributed by atoms with Crippen molar-refractivity contribution in [1.29, 1.82) is 0 Å². The third-order valence-corrected chi connectivity index (χ3v) is 5.81. The predicted molar refractivity (Wildman–Crippen MR) is 110 cm³/mol. The summed E-state index contributed by atoms with van der Waals surface area (Å²) in [5, 5.41) is 4.30. The molecule has 0 spiro atoms. The van der Waals surface area contributed by atoms with E-state index in [-0.39, 0.29) is 17.8 Å². The van der Waals surface area contributed by atoms with Crippen LogP contribution in [0.15, 0.2) is 42.5 Å². The highest BCUT2D eigenvalue weighted by Crippen LogP contribution is 2.23. The van der Waals surface area contributed by atoms with E-state index in [4.69, 9.17) is 0 Å². The van der Waals surface area contributed by atoms with Gasteiger partial charge in [-0.2, -0.15) is 0 Å². The minimum absolute atomic E-state index is 0.00265. The highest BCUT2D eigenvalue weighted by atomic mass is 19.1. The van der Waals surface area contributed by atoms with E-state index < -0.39 is 0 Å². The second kappa shape index (κ2) is 7.76. The highest BCUT2D eigenvalue weighted by molar-refractivity contribution is 5.99. The van der Waals surface area contributed by atoms with Gasteiger partial charge < -0.3 is 10.3 Å². The monoisotopic (exact) mass is 379 g/mol. The third kappa shape index (κ3) is 3.94. The molecule has 0 unspecified atom stereocenters. The molecule has 4 rings (SSSR count). The number of benzene rings is 2. The van der Waals surface area contributed by atoms with Gasteiger partial charge in [-0.1, -0.05) is 12.1 Å². The molecule has 3 aromatic rings. The molecular formula is C23H26FN3O. The minimum atomic E-state index is -0.201. The molecule has 2 heterocycles. The highest BCUT2D eigenvalue weighted by Gasteiger charge is 2.21. The van der Waals surface area contributed by atoms with Gasteiger partial charge in [0.1, 0.15) is 5.82 Å². The number of fused-ring (bicyclic) bond motifs is 1. The number of halogens is 1. The number of carbonyl (C=O) groups is 1. The van der Waals surface area contributed by atoms with Gasteiger partial charge >= 0.3 is 0 Å². The average molecular weight is 379 g/mol. The van der Waals surface area contributed by atoms with Crippen molar-refractivity contribution < 1.29 is 9.18 Å². The maximum atomic E-state index is 13.0. The smallest absolute Gasteiger partial charge is 0.251 e. The lowest BCUT2D eigenvalue weighted by Crippen LogP contribution is -2.44. The second-order valence-electron chi connectivity index (χ2n) is 7.79. The Morgan fingerprint density at radius 3 is 2.57 bits per heavy atom. The number of piperidine rings is 1. The van der Waals surface area contributed by atoms with Crippen molar-refractivity contribution in [3.05, 3.63) is 70.7 Å². The number of aromatic amines is 1. The first-order valence-electron chi connectivity index (χ1n) is 9.86. The van der Waals surface area contributed by atoms with Crippen LogP contribution < -0.4 is 5.32 Å². The summed E-state index contributed by atoms with van der Waals surface area (Å²) in [5.41, 5.74) is 5.23. The lowest BCUT2D eigenvalue weighted by Gasteiger charge is -2.32. The van der Waals surface area contributed by atoms with E-state index in [1.807, 2.05) is 30.3 Å². The minimum Gasteiger partial charge on any atom is -0.358 e. The van der Waals surface area contributed by atoms with Crippen molar-refractivity contribution in [2.24, 2.45) is 0 Å². The molecule has 0 radical (unpaired) electrons. The van der Waals surface area contributed by atoms with Crippen LogP contribution in [0.5, 0.6) is 0 Å². The number of aromatic nitrogens is 1. The van der Waals surface area contributed by atoms with Crippen LogP contribution in [0, 0.1) is 19.7 Å². The van der Waals surface area contributed by atoms with E-state index >= 15 is 0 Å². The zero-order valence-electron chi connectivity index (χ0n) is 16.4. The number of hydrogen-bond donors (Lipinski definition) is 2. The Labute approximate surface area is 164 Å². The first-order chi connectivity index (χ1) is 13.5. The van der Waals surface area contributed by atoms with E-state index in [0.29, 0.717) is 5.56 Å². The normalized spacial score (nSPS) is 15.8. The molecule has 1 fully saturated rings. The molecule has 1 aliphatic heterocycles. The third-order valence-electron chi connectivity index (χ3n) is 5.81. The molecule has 5 heteroatoms. The molecule has 1 amide bonds. The Kier molecular flexibility index (Phi) is 5.18. The van der Waals surface area contributed by atoms with Crippen molar-refractivity contribution in [2.45, 2.75) is 39.3 Å². The molecule has 0 atom stereocenters. The van der Waals surface area contributed by atoms with Gasteiger partial charge in [0.2, 0.25) is 0 Å². The summed E-state index contributed by atoms with van der Waals surface area (Å²) < 4.78 is 13.0. The number of likely N-dealkylation sites (tertiary alicyclic amines) is 1. The fourth-order valence-corrected chi connectivity index (χ4v) is 3.95. The van der Waals surface area contributed by atoms with Crippen LogP contribution in [0.2, 0.25) is 0 Å². The molecule has 4 nitrogen and oxygen atoms in total. The molecule has 0 aliphatic carbocycles. The largest absolute Gasteiger partial charge is 0.358 e. The van der Waals surface area contributed by atoms with Crippen LogP contribution in [-0.2, 0) is 6.54 Å². The number of hydrogen-bond acceptors (Lipinski definition) is 2. The molecule has 0 saturated carbocycles. The summed E-state index contributed by atoms with van der Waals surface area (Å²) >= 11 is 0. The standard InChI is InChI=1S/C23H26FN3O/c1-15-16(2)25-22-8-5-18(13-21(15)22)23(28)26-20-9-11-27(12-10-20)14-17-3-6-19(24)7-4-17/h3-8,13,20,25H,9-12,14H2,1-2H3,(H,26,28). The van der Waals surface area contributed by atoms with Crippen molar-refractivity contribution in [3.63, 3.8) is 0 Å². The summed E-state index contributed by atoms with van der Waals surface area (Å²) in [4.78, 5) is 18.4. The van der Waals surface area contributed by atoms with Crippen LogP contribution in [-0.4, -0.2) is 34.9 Å². The molecule has 146 valence electrons. The number of H-pyrrole nitrogens is 1. The lowest BCUT2D eigenvalue weighted by atomic mass is 10.0. The number of carbonyl (C=O) groups excluding carboxylic acids is 1. The van der Waals surface area contributed by atoms with Crippen molar-refractivity contribution in [3.8, 4) is 0 Å². The number of rotatable bonds is 4. The van der Waals surface area contributed by atoms with Crippen LogP contribution in [0.1, 0.15) is 40.0 Å². The van der Waals surface area contributed by atoms with Gasteiger partial charge in [0.05, 0.1) is 0 Å². The summed E-state index contributed by atoms with van der Waals surface area (Å²) in [6.07, 6.45) is 1.86. The number of aryl methyl sites for hydroxylation is 2. The Morgan fingerprint density at radius 1 is 1.14 bits per heavy atom. The summed E-state index contributed by atoms with van der Waals surface area (Å²) in [7, 11) is 0. The average Bonchev–Trinajstić information content (AvgIpc) is 2.98. The van der Waals surface area contributed by atoms with E-state index in [9.17, 15) is 9.18 Å². The van der Waals surface area contributed by atoms with Crippen LogP contribution >= 0.6 is 0 Å². The second-order valence-corrected chi connectivity index (χ2v) is 7.79. The van der Waals surface area contributed by atoms with E-state index in [1.54, 1.807) is 0 Å². The predicted octanol–water partition coefficient (Wildman–Crippen LogP) is 4.32. The SMILES string of the molecule is Cc1[nH]c2ccc(C(=O)NC3CCN(Cc4ccc(F)cc4)CC3)cc2c1C. The molecular weight excluding hydrogens is 353 g/mol. The Morgan fingerprint density at radius 2 is 1.86 bits per heavy atom. The summed E-state index contributed by atoms with van der Waals surface area (Å²) in [6, 6.07) is 12.7. The maximum Gasteiger partial charge on any atom is 0.251 e. The first-order valence-corrected chi connectivity index (χ1v) is 9.86. The zero-order chi connectivity index (χ0) is 19.7. The van der Waals surface area contributed by atoms with Crippen molar-refractivity contribution >= 4 is 16.8 Å². The number of nitrogens with zero attached hydrogens (tertiary/aromatic N) is 1. The Bertz CT molecular complexity index is 985. The van der Waals surface area contributed by atoms with Crippen molar-refractivity contribution in [1.82, 2.24) is 15.2 Å². The zero-order valence-corrected chi connectivity index (χ0v) is 16.4. The summed E-state index contributed by atoms with van der Waals surface area (Å²) in [6.45, 7) is 6.81. The van der Waals surface area contributed by atoms with Crippen LogP contribution in [0.4, 0.5) is 4.39 Å². The molecule has 2 N–H and O–H groups in total. The Hall–Kier alpha value is -2.66. The fourth-order valence-electron chi connectivity index (χ4n) is 3.95. The first kappa shape index (κ1) is 18.7. The topological polar surface area (TPSA) is 48.1 Å². The van der Waals surface area contributed by atoms with Crippen LogP contribution in [0.25, 0.3) is 10.9 Å². The van der Waals surface area contributed by atoms with Crippen molar-refractivity contribution in [2.75, 3.05) is 13.1 Å². The maximum absolute atomic E-state index is 13.0. The number of nitrogens with one attached hydrogen (secondary N) is 2. The fraction of sp³-hybridized carbons (Fsp3) is 0.348. The summed E-state index contributed by atoms with van der Waals surface area (Å²) in [5.74, 6) is -0.203. The van der Waals surface area contributed by atoms with Gasteiger partial charge in [-0.25, -0.2) is 4.39 Å². The van der Waals surface area contributed by atoms with E-state index in [1.165, 1.54) is 17.7 Å². The number of amides is 1. The molecule has 0 bridgehead atoms. The molecule has 2 aromatic carbocycles. The van der Waals surface area contributed by atoms with Gasteiger partial charge in [-0.05, 0) is 68.1 Å². The lowest BCUT2D eigenvalue weighted by molar-refractivity contribution is 0.0909. The van der Waals surface area contributed by atoms with E-state index in [2.05, 4.69) is 29.0 Å². The molecule has 1 aliphatic rings. The molecule has 1 aromatic heterocycles.